The molecule has 0 radical (unpaired) electrons. The molecule has 2 aliphatic rings. The minimum Gasteiger partial charge on any atom is -0.469 e. The normalized spacial score (nSPS) is 17.5. The van der Waals surface area contributed by atoms with E-state index >= 15 is 0 Å². The molecule has 1 fully saturated rings. The largest absolute Gasteiger partial charge is 0.469 e. The van der Waals surface area contributed by atoms with E-state index in [4.69, 9.17) is 21.3 Å². The van der Waals surface area contributed by atoms with E-state index in [2.05, 4.69) is 27.0 Å². The Balaban J connectivity index is 1.57. The molecule has 0 spiro atoms. The second-order valence-electron chi connectivity index (χ2n) is 9.72. The minimum atomic E-state index is -0.559. The first kappa shape index (κ1) is 28.2. The number of benzene rings is 2. The summed E-state index contributed by atoms with van der Waals surface area (Å²) in [5, 5.41) is 21.9. The van der Waals surface area contributed by atoms with Gasteiger partial charge in [-0.2, -0.15) is 0 Å². The lowest BCUT2D eigenvalue weighted by Gasteiger charge is -2.32. The van der Waals surface area contributed by atoms with Crippen molar-refractivity contribution in [2.24, 2.45) is 4.99 Å². The average Bonchev–Trinajstić information content (AvgIpc) is 3.32. The third-order valence-corrected chi connectivity index (χ3v) is 8.38. The molecule has 13 heteroatoms. The lowest BCUT2D eigenvalue weighted by molar-refractivity contribution is -0.384. The Hall–Kier alpha value is -3.32. The zero-order valence-corrected chi connectivity index (χ0v) is 23.9. The topological polar surface area (TPSA) is 119 Å². The number of nitro groups is 1. The van der Waals surface area contributed by atoms with Crippen LogP contribution < -0.4 is 0 Å². The third-order valence-electron chi connectivity index (χ3n) is 7.14. The second kappa shape index (κ2) is 12.5. The van der Waals surface area contributed by atoms with Crippen LogP contribution in [0.4, 0.5) is 5.69 Å². The summed E-state index contributed by atoms with van der Waals surface area (Å²) >= 11 is 8.19. The van der Waals surface area contributed by atoms with Crippen LogP contribution >= 0.6 is 23.4 Å². The molecule has 3 aromatic rings. The predicted octanol–water partition coefficient (Wildman–Crippen LogP) is 4.01. The first-order valence-corrected chi connectivity index (χ1v) is 14.4. The molecule has 2 aliphatic heterocycles. The van der Waals surface area contributed by atoms with Gasteiger partial charge in [0, 0.05) is 73.2 Å². The number of non-ortho nitro benzene ring substituents is 1. The molecule has 0 aliphatic carbocycles. The van der Waals surface area contributed by atoms with Gasteiger partial charge in [-0.1, -0.05) is 41.6 Å². The predicted molar refractivity (Wildman–Crippen MR) is 154 cm³/mol. The first-order chi connectivity index (χ1) is 19.4. The number of methoxy groups -OCH3 is 1. The molecule has 1 saturated heterocycles. The molecule has 0 saturated carbocycles. The molecule has 40 heavy (non-hydrogen) atoms. The standard InChI is InChI=1S/C27H30ClN7O4S/c1-32-11-13-33(14-12-32)15-16-40-27-31-30-26-22(8-10-24(36)39-2)29-25(19-5-3-4-6-21(19)28)20-17-18(35(37)38)7-9-23(20)34(26)27/h3-7,9,17,22H,8,10-16H2,1-2H3/t22-/m0/s1. The highest BCUT2D eigenvalue weighted by Gasteiger charge is 2.31. The Labute approximate surface area is 241 Å². The molecule has 0 unspecified atom stereocenters. The van der Waals surface area contributed by atoms with Crippen molar-refractivity contribution in [3.8, 4) is 5.69 Å². The van der Waals surface area contributed by atoms with Crippen molar-refractivity contribution in [1.82, 2.24) is 24.6 Å². The van der Waals surface area contributed by atoms with Crippen LogP contribution in [0.3, 0.4) is 0 Å². The van der Waals surface area contributed by atoms with Gasteiger partial charge in [-0.3, -0.25) is 29.4 Å². The fraction of sp³-hybridized carbons (Fsp3) is 0.407. The Bertz CT molecular complexity index is 1440. The number of rotatable bonds is 9. The zero-order valence-electron chi connectivity index (χ0n) is 22.3. The lowest BCUT2D eigenvalue weighted by Crippen LogP contribution is -2.45. The van der Waals surface area contributed by atoms with Crippen LogP contribution in [0.1, 0.15) is 35.8 Å². The lowest BCUT2D eigenvalue weighted by atomic mass is 9.99. The third kappa shape index (κ3) is 6.04. The molecule has 0 N–H and O–H groups in total. The molecular formula is C27H30ClN7O4S. The smallest absolute Gasteiger partial charge is 0.305 e. The van der Waals surface area contributed by atoms with Crippen molar-refractivity contribution in [3.63, 3.8) is 0 Å². The number of nitro benzene ring substituents is 1. The van der Waals surface area contributed by atoms with E-state index in [0.717, 1.165) is 38.5 Å². The molecule has 1 aromatic heterocycles. The van der Waals surface area contributed by atoms with Gasteiger partial charge in [-0.05, 0) is 25.6 Å². The van der Waals surface area contributed by atoms with Crippen molar-refractivity contribution >= 4 is 40.7 Å². The van der Waals surface area contributed by atoms with Crippen LogP contribution in [0, 0.1) is 10.1 Å². The number of thioether (sulfide) groups is 1. The summed E-state index contributed by atoms with van der Waals surface area (Å²) in [4.78, 5) is 33.2. The fourth-order valence-electron chi connectivity index (χ4n) is 4.88. The maximum atomic E-state index is 12.1. The summed E-state index contributed by atoms with van der Waals surface area (Å²) in [6.45, 7) is 5.03. The Kier molecular flexibility index (Phi) is 8.79. The van der Waals surface area contributed by atoms with E-state index in [0.29, 0.717) is 45.0 Å². The SMILES string of the molecule is COC(=O)CC[C@@H]1N=C(c2ccccc2Cl)c2cc([N+](=O)[O-])ccc2-n2c(SCCN3CCN(C)CC3)nnc21. The Morgan fingerprint density at radius 1 is 1.15 bits per heavy atom. The Morgan fingerprint density at radius 3 is 2.65 bits per heavy atom. The van der Waals surface area contributed by atoms with Crippen LogP contribution in [0.25, 0.3) is 5.69 Å². The van der Waals surface area contributed by atoms with Gasteiger partial charge in [-0.25, -0.2) is 0 Å². The van der Waals surface area contributed by atoms with Gasteiger partial charge in [0.05, 0.1) is 23.4 Å². The molecule has 0 bridgehead atoms. The van der Waals surface area contributed by atoms with Crippen LogP contribution in [0.2, 0.25) is 5.02 Å². The molecule has 11 nitrogen and oxygen atoms in total. The number of aliphatic imine (C=N–C) groups is 1. The number of nitrogens with zero attached hydrogens (tertiary/aromatic N) is 7. The highest BCUT2D eigenvalue weighted by molar-refractivity contribution is 7.99. The van der Waals surface area contributed by atoms with Crippen molar-refractivity contribution < 1.29 is 14.5 Å². The molecule has 3 heterocycles. The van der Waals surface area contributed by atoms with Gasteiger partial charge < -0.3 is 9.64 Å². The number of esters is 1. The summed E-state index contributed by atoms with van der Waals surface area (Å²) in [7, 11) is 3.48. The van der Waals surface area contributed by atoms with Crippen LogP contribution in [0.15, 0.2) is 52.6 Å². The van der Waals surface area contributed by atoms with E-state index in [-0.39, 0.29) is 18.1 Å². The van der Waals surface area contributed by atoms with Gasteiger partial charge in [0.2, 0.25) is 0 Å². The Morgan fingerprint density at radius 2 is 1.93 bits per heavy atom. The number of hydrogen-bond acceptors (Lipinski definition) is 10. The summed E-state index contributed by atoms with van der Waals surface area (Å²) in [6.07, 6.45) is 0.441. The van der Waals surface area contributed by atoms with E-state index in [9.17, 15) is 14.9 Å². The van der Waals surface area contributed by atoms with Crippen LogP contribution in [-0.4, -0.2) is 93.8 Å². The quantitative estimate of drug-likeness (QED) is 0.159. The molecule has 1 atom stereocenters. The van der Waals surface area contributed by atoms with E-state index in [1.54, 1.807) is 23.9 Å². The maximum Gasteiger partial charge on any atom is 0.305 e. The highest BCUT2D eigenvalue weighted by atomic mass is 35.5. The molecular weight excluding hydrogens is 554 g/mol. The number of carbonyl (C=O) groups is 1. The van der Waals surface area contributed by atoms with E-state index in [1.165, 1.54) is 19.2 Å². The average molecular weight is 584 g/mol. The number of ether oxygens (including phenoxy) is 1. The summed E-state index contributed by atoms with van der Waals surface area (Å²) in [5.74, 6) is 0.998. The number of likely N-dealkylation sites (N-methyl/N-ethyl adjacent to an activating group) is 1. The zero-order chi connectivity index (χ0) is 28.2. The second-order valence-corrected chi connectivity index (χ2v) is 11.2. The van der Waals surface area contributed by atoms with Gasteiger partial charge >= 0.3 is 5.97 Å². The summed E-state index contributed by atoms with van der Waals surface area (Å²) < 4.78 is 6.80. The summed E-state index contributed by atoms with van der Waals surface area (Å²) in [5.41, 5.74) is 2.29. The molecule has 5 rings (SSSR count). The van der Waals surface area contributed by atoms with Crippen LogP contribution in [-0.2, 0) is 9.53 Å². The van der Waals surface area contributed by atoms with Crippen molar-refractivity contribution in [2.75, 3.05) is 52.6 Å². The fourth-order valence-corrected chi connectivity index (χ4v) is 6.05. The van der Waals surface area contributed by atoms with Gasteiger partial charge in [0.1, 0.15) is 6.04 Å². The molecule has 210 valence electrons. The number of hydrogen-bond donors (Lipinski definition) is 0. The van der Waals surface area contributed by atoms with Gasteiger partial charge in [0.15, 0.2) is 11.0 Å². The minimum absolute atomic E-state index is 0.0644. The number of aromatic nitrogens is 3. The van der Waals surface area contributed by atoms with Crippen molar-refractivity contribution in [2.45, 2.75) is 24.0 Å². The van der Waals surface area contributed by atoms with E-state index < -0.39 is 11.0 Å². The van der Waals surface area contributed by atoms with Gasteiger partial charge in [0.25, 0.3) is 5.69 Å². The molecule has 0 amide bonds. The monoisotopic (exact) mass is 583 g/mol. The number of piperazine rings is 1. The number of halogens is 1. The van der Waals surface area contributed by atoms with Gasteiger partial charge in [-0.15, -0.1) is 10.2 Å². The number of fused-ring (bicyclic) bond motifs is 3. The van der Waals surface area contributed by atoms with Crippen LogP contribution in [0.5, 0.6) is 0 Å². The van der Waals surface area contributed by atoms with Crippen molar-refractivity contribution in [1.29, 1.82) is 0 Å². The summed E-state index contributed by atoms with van der Waals surface area (Å²) in [6, 6.07) is 11.4. The molecule has 2 aromatic carbocycles. The highest BCUT2D eigenvalue weighted by Crippen LogP contribution is 2.37. The first-order valence-electron chi connectivity index (χ1n) is 13.0. The number of carbonyl (C=O) groups excluding carboxylic acids is 1. The van der Waals surface area contributed by atoms with E-state index in [1.807, 2.05) is 22.8 Å². The van der Waals surface area contributed by atoms with Crippen molar-refractivity contribution in [3.05, 3.63) is 74.6 Å². The maximum absolute atomic E-state index is 12.1.